The number of carboxylic acid groups (broad SMARTS) is 1. The summed E-state index contributed by atoms with van der Waals surface area (Å²) < 4.78 is 45.1. The number of pyridine rings is 1. The minimum Gasteiger partial charge on any atom is -0.487 e. The number of piperazine rings is 1. The largest absolute Gasteiger partial charge is 0.487 e. The molecule has 1 amide bonds. The van der Waals surface area contributed by atoms with Gasteiger partial charge < -0.3 is 133 Å². The number of carboxylic acids is 1. The molecule has 80 heavy (non-hydrogen) atoms. The van der Waals surface area contributed by atoms with Crippen molar-refractivity contribution in [3.63, 3.8) is 0 Å². The molecule has 15 unspecified atom stereocenters. The monoisotopic (exact) mass is 1150 g/mol. The average molecular weight is 1150 g/mol. The number of aliphatic hydroxyl groups is 10. The maximum Gasteiger partial charge on any atom is 0.341 e. The Hall–Kier alpha value is -3.94. The van der Waals surface area contributed by atoms with Gasteiger partial charge in [0.2, 0.25) is 11.3 Å². The second-order valence-electron chi connectivity index (χ2n) is 20.8. The van der Waals surface area contributed by atoms with Crippen LogP contribution < -0.4 is 54.0 Å². The number of amides is 1. The van der Waals surface area contributed by atoms with Gasteiger partial charge >= 0.3 is 5.97 Å². The molecule has 1 aliphatic carbocycles. The van der Waals surface area contributed by atoms with Crippen molar-refractivity contribution in [2.45, 2.75) is 162 Å². The topological polar surface area (TPSA) is 471 Å². The number of nitrogens with two attached hydrogens (primary N) is 4. The van der Waals surface area contributed by atoms with E-state index in [1.54, 1.807) is 4.57 Å². The van der Waals surface area contributed by atoms with E-state index in [4.69, 9.17) is 56.8 Å². The van der Waals surface area contributed by atoms with Crippen molar-refractivity contribution in [1.82, 2.24) is 25.4 Å². The van der Waals surface area contributed by atoms with Crippen LogP contribution in [0.1, 0.15) is 62.9 Å². The lowest BCUT2D eigenvalue weighted by atomic mass is 9.83. The molecule has 0 spiro atoms. The second-order valence-corrected chi connectivity index (χ2v) is 20.8. The molecule has 458 valence electrons. The number of hydrogen-bond acceptors (Lipinski definition) is 26. The minimum atomic E-state index is -1.76. The number of nitrogens with one attached hydrogen (secondary N) is 3. The van der Waals surface area contributed by atoms with Gasteiger partial charge in [0.15, 0.2) is 24.1 Å². The molecule has 22 N–H and O–H groups in total. The smallest absolute Gasteiger partial charge is 0.341 e. The predicted octanol–water partition coefficient (Wildman–Crippen LogP) is -7.17. The van der Waals surface area contributed by atoms with Gasteiger partial charge in [0.05, 0.1) is 48.8 Å². The van der Waals surface area contributed by atoms with Crippen molar-refractivity contribution in [2.24, 2.45) is 22.9 Å². The zero-order chi connectivity index (χ0) is 59.3. The number of ether oxygens (including phenoxy) is 5. The molecule has 2 aromatic rings. The van der Waals surface area contributed by atoms with E-state index >= 15 is 0 Å². The Morgan fingerprint density at radius 1 is 0.838 bits per heavy atom. The molecular weight excluding hydrogens is 1060 g/mol. The first kappa shape index (κ1) is 66.9. The Kier molecular flexibility index (Phi) is 26.0. The van der Waals surface area contributed by atoms with Gasteiger partial charge in [0, 0.05) is 70.1 Å². The fourth-order valence-electron chi connectivity index (χ4n) is 9.98. The number of nitrogens with zero attached hydrogens (tertiary/aromatic N) is 3. The molecule has 0 bridgehead atoms. The Balaban J connectivity index is 0.000000250. The third-order valence-corrected chi connectivity index (χ3v) is 15.1. The molecule has 3 saturated heterocycles. The molecule has 1 aromatic heterocycles. The van der Waals surface area contributed by atoms with E-state index in [9.17, 15) is 64.7 Å². The Bertz CT molecular complexity index is 2300. The van der Waals surface area contributed by atoms with Crippen LogP contribution >= 0.6 is 0 Å². The number of aliphatic hydroxyl groups excluding tert-OH is 10. The van der Waals surface area contributed by atoms with Crippen molar-refractivity contribution in [2.75, 3.05) is 90.7 Å². The molecule has 4 fully saturated rings. The molecule has 0 radical (unpaired) electrons. The summed E-state index contributed by atoms with van der Waals surface area (Å²) in [4.78, 5) is 40.7. The van der Waals surface area contributed by atoms with E-state index in [1.165, 1.54) is 6.20 Å². The highest BCUT2D eigenvalue weighted by Crippen LogP contribution is 2.42. The summed E-state index contributed by atoms with van der Waals surface area (Å²) >= 11 is 0. The Labute approximate surface area is 462 Å². The minimum absolute atomic E-state index is 0.0101. The number of anilines is 1. The quantitative estimate of drug-likeness (QED) is 0.0517. The van der Waals surface area contributed by atoms with Crippen LogP contribution in [0.4, 0.5) is 10.1 Å². The number of halogens is 1. The van der Waals surface area contributed by atoms with Crippen LogP contribution in [0.5, 0.6) is 5.75 Å². The van der Waals surface area contributed by atoms with E-state index in [-0.39, 0.29) is 74.8 Å². The van der Waals surface area contributed by atoms with E-state index < -0.39 is 128 Å². The first-order valence-corrected chi connectivity index (χ1v) is 27.1. The first-order chi connectivity index (χ1) is 38.0. The van der Waals surface area contributed by atoms with Crippen molar-refractivity contribution in [1.29, 1.82) is 0 Å². The number of likely N-dealkylation sites (N-methyl/N-ethyl adjacent to an activating group) is 1. The molecule has 19 atom stereocenters. The molecular formula is C50H87FN10O19. The van der Waals surface area contributed by atoms with Gasteiger partial charge in [-0.15, -0.1) is 0 Å². The normalized spacial score (nSPS) is 32.8. The third-order valence-electron chi connectivity index (χ3n) is 15.1. The summed E-state index contributed by atoms with van der Waals surface area (Å²) in [5, 5.41) is 118. The number of carbonyl (C=O) groups excluding carboxylic acids is 1. The molecule has 4 aliphatic heterocycles. The fourth-order valence-corrected chi connectivity index (χ4v) is 9.98. The van der Waals surface area contributed by atoms with Crippen LogP contribution in [-0.2, 0) is 23.7 Å². The fraction of sp³-hybridized carbons (Fsp3) is 0.780. The van der Waals surface area contributed by atoms with Gasteiger partial charge in [-0.25, -0.2) is 9.18 Å². The maximum absolute atomic E-state index is 15.0. The number of hydrogen-bond donors (Lipinski definition) is 18. The van der Waals surface area contributed by atoms with Gasteiger partial charge in [0.1, 0.15) is 85.0 Å². The van der Waals surface area contributed by atoms with Gasteiger partial charge in [0.25, 0.3) is 0 Å². The SMILES string of the molecule is CC[C@@H](CO)NCCN[C@@H](CC)CO.C[C@H]1COc2c(N3CCN(C)CC3)c(F)cc3c(=O)c(C(=O)O)cn1c23.NCC[C@@H](O)C(=O)NC1CC(N)C(OC2OC(CN)C(O)C(O)C2O)C(O)C1OC1OC(CO)C(O)C(N)C1O. The highest BCUT2D eigenvalue weighted by atomic mass is 19.1. The van der Waals surface area contributed by atoms with Crippen LogP contribution in [0.15, 0.2) is 17.1 Å². The Morgan fingerprint density at radius 3 is 1.98 bits per heavy atom. The second kappa shape index (κ2) is 31.1. The van der Waals surface area contributed by atoms with Crippen molar-refractivity contribution < 1.29 is 93.8 Å². The zero-order valence-electron chi connectivity index (χ0n) is 45.7. The molecule has 1 saturated carbocycles. The molecule has 7 rings (SSSR count). The number of aromatic nitrogens is 1. The Morgan fingerprint density at radius 2 is 1.43 bits per heavy atom. The van der Waals surface area contributed by atoms with Crippen molar-refractivity contribution in [3.05, 3.63) is 33.9 Å². The van der Waals surface area contributed by atoms with Gasteiger partial charge in [-0.2, -0.15) is 0 Å². The third kappa shape index (κ3) is 16.0. The average Bonchev–Trinajstić information content (AvgIpc) is 3.64. The summed E-state index contributed by atoms with van der Waals surface area (Å²) in [5.74, 6) is -2.39. The molecule has 30 heteroatoms. The predicted molar refractivity (Wildman–Crippen MR) is 285 cm³/mol. The summed E-state index contributed by atoms with van der Waals surface area (Å²) in [6.07, 6.45) is -16.6. The van der Waals surface area contributed by atoms with E-state index in [0.717, 1.165) is 45.1 Å². The summed E-state index contributed by atoms with van der Waals surface area (Å²) in [7, 11) is 2.02. The summed E-state index contributed by atoms with van der Waals surface area (Å²) in [5.41, 5.74) is 22.9. The molecule has 5 aliphatic rings. The summed E-state index contributed by atoms with van der Waals surface area (Å²) in [6, 6.07) is -2.06. The molecule has 1 aromatic carbocycles. The van der Waals surface area contributed by atoms with Crippen molar-refractivity contribution in [3.8, 4) is 5.75 Å². The maximum atomic E-state index is 15.0. The highest BCUT2D eigenvalue weighted by Gasteiger charge is 2.53. The van der Waals surface area contributed by atoms with Crippen LogP contribution in [0.2, 0.25) is 0 Å². The first-order valence-electron chi connectivity index (χ1n) is 27.1. The molecule has 29 nitrogen and oxygen atoms in total. The highest BCUT2D eigenvalue weighted by molar-refractivity contribution is 5.97. The van der Waals surface area contributed by atoms with E-state index in [0.29, 0.717) is 30.0 Å². The zero-order valence-corrected chi connectivity index (χ0v) is 45.7. The van der Waals surface area contributed by atoms with E-state index in [2.05, 4.69) is 20.9 Å². The standard InChI is InChI=1S/C22H43N5O13.C18H20FN3O4.C10H24N2O2/c23-2-1-8(29)20(36)27-7-3-6(25)18(39-22-16(34)15(33)13(31)9(4-24)37-22)17(35)19(7)40-21-14(32)11(26)12(30)10(5-28)38-21;1-10-9-26-17-14-11(16(23)12(18(24)25)8-22(10)14)7-13(19)15(17)21-5-3-20(2)4-6-21;1-3-9(7-13)11-5-6-12-10(4-2)8-14/h6-19,21-22,28-35H,1-5,23-26H2,(H,27,36);7-8,10H,3-6,9H2,1-2H3,(H,24,25);9-14H,3-8H2,1-2H3/t6?,7?,8-,9?,10?,11?,12?,13?,14?,15?,16?,17?,18?,19?,21?,22?;10-;9-,10-/m100/s1. The van der Waals surface area contributed by atoms with E-state index in [1.807, 2.05) is 32.7 Å². The van der Waals surface area contributed by atoms with Crippen molar-refractivity contribution >= 4 is 28.5 Å². The lowest BCUT2D eigenvalue weighted by Crippen LogP contribution is -2.69. The number of rotatable bonds is 21. The summed E-state index contributed by atoms with van der Waals surface area (Å²) in [6.45, 7) is 10.3. The van der Waals surface area contributed by atoms with Crippen LogP contribution in [0.3, 0.4) is 0 Å². The van der Waals surface area contributed by atoms with Gasteiger partial charge in [-0.1, -0.05) is 13.8 Å². The number of carbonyl (C=O) groups is 2. The molecule has 5 heterocycles. The van der Waals surface area contributed by atoms with Gasteiger partial charge in [-0.3, -0.25) is 9.59 Å². The number of benzene rings is 1. The lowest BCUT2D eigenvalue weighted by molar-refractivity contribution is -0.332. The van der Waals surface area contributed by atoms with Crippen LogP contribution in [0.25, 0.3) is 10.9 Å². The number of aromatic carboxylic acids is 1. The van der Waals surface area contributed by atoms with Crippen LogP contribution in [-0.4, -0.2) is 273 Å². The lowest BCUT2D eigenvalue weighted by Gasteiger charge is -2.49. The van der Waals surface area contributed by atoms with Crippen LogP contribution in [0, 0.1) is 5.82 Å². The van der Waals surface area contributed by atoms with Gasteiger partial charge in [-0.05, 0) is 52.3 Å².